The van der Waals surface area contributed by atoms with Crippen LogP contribution in [0.3, 0.4) is 0 Å². The topological polar surface area (TPSA) is 122 Å². The zero-order valence-electron chi connectivity index (χ0n) is 18.0. The van der Waals surface area contributed by atoms with Gasteiger partial charge in [-0.05, 0) is 48.5 Å². The molecule has 0 spiro atoms. The molecule has 4 rings (SSSR count). The van der Waals surface area contributed by atoms with E-state index in [9.17, 15) is 21.6 Å². The number of anilines is 2. The predicted molar refractivity (Wildman–Crippen MR) is 128 cm³/mol. The number of hydrogen-bond donors (Lipinski definition) is 2. The maximum atomic E-state index is 12.9. The van der Waals surface area contributed by atoms with Crippen LogP contribution in [0.2, 0.25) is 0 Å². The molecule has 1 saturated heterocycles. The third-order valence-electron chi connectivity index (χ3n) is 5.19. The fourth-order valence-electron chi connectivity index (χ4n) is 3.42. The molecule has 1 aliphatic rings. The van der Waals surface area contributed by atoms with Crippen LogP contribution in [0.15, 0.2) is 88.7 Å². The van der Waals surface area contributed by atoms with Crippen LogP contribution in [-0.2, 0) is 24.8 Å². The van der Waals surface area contributed by atoms with Crippen LogP contribution in [0.1, 0.15) is 10.4 Å². The SMILES string of the molecule is O=C(Nc1ccc(S(=O)(=O)N2CCOCC2)cc1)c1ccccc1NS(=O)(=O)c1ccccc1. The molecule has 1 heterocycles. The lowest BCUT2D eigenvalue weighted by Gasteiger charge is -2.26. The van der Waals surface area contributed by atoms with Gasteiger partial charge in [0.15, 0.2) is 0 Å². The van der Waals surface area contributed by atoms with Gasteiger partial charge in [0.1, 0.15) is 0 Å². The summed E-state index contributed by atoms with van der Waals surface area (Å²) in [6, 6.07) is 19.9. The van der Waals surface area contributed by atoms with Crippen molar-refractivity contribution in [1.29, 1.82) is 0 Å². The van der Waals surface area contributed by atoms with Crippen LogP contribution in [0.5, 0.6) is 0 Å². The molecular weight excluding hydrogens is 478 g/mol. The van der Waals surface area contributed by atoms with Crippen molar-refractivity contribution in [3.63, 3.8) is 0 Å². The van der Waals surface area contributed by atoms with E-state index in [1.165, 1.54) is 52.8 Å². The lowest BCUT2D eigenvalue weighted by atomic mass is 10.1. The molecule has 34 heavy (non-hydrogen) atoms. The Bertz CT molecular complexity index is 1370. The van der Waals surface area contributed by atoms with Gasteiger partial charge in [0, 0.05) is 18.8 Å². The lowest BCUT2D eigenvalue weighted by molar-refractivity contribution is 0.0730. The van der Waals surface area contributed by atoms with Crippen molar-refractivity contribution in [2.24, 2.45) is 0 Å². The fourth-order valence-corrected chi connectivity index (χ4v) is 5.93. The first-order chi connectivity index (χ1) is 16.3. The summed E-state index contributed by atoms with van der Waals surface area (Å²) in [5, 5.41) is 2.68. The molecule has 3 aromatic carbocycles. The van der Waals surface area contributed by atoms with Crippen LogP contribution < -0.4 is 10.0 Å². The Hall–Kier alpha value is -3.25. The molecule has 1 amide bonds. The first-order valence-electron chi connectivity index (χ1n) is 10.4. The monoisotopic (exact) mass is 501 g/mol. The number of carbonyl (C=O) groups excluding carboxylic acids is 1. The van der Waals surface area contributed by atoms with Gasteiger partial charge in [-0.15, -0.1) is 0 Å². The lowest BCUT2D eigenvalue weighted by Crippen LogP contribution is -2.40. The summed E-state index contributed by atoms with van der Waals surface area (Å²) in [7, 11) is -7.53. The molecule has 0 aliphatic carbocycles. The van der Waals surface area contributed by atoms with E-state index in [1.54, 1.807) is 30.3 Å². The molecule has 0 unspecified atom stereocenters. The molecule has 11 heteroatoms. The number of carbonyl (C=O) groups is 1. The van der Waals surface area contributed by atoms with Gasteiger partial charge >= 0.3 is 0 Å². The number of sulfonamides is 2. The molecule has 0 saturated carbocycles. The second-order valence-electron chi connectivity index (χ2n) is 7.46. The molecule has 2 N–H and O–H groups in total. The summed E-state index contributed by atoms with van der Waals surface area (Å²) in [5.41, 5.74) is 0.606. The van der Waals surface area contributed by atoms with Crippen molar-refractivity contribution in [1.82, 2.24) is 4.31 Å². The minimum Gasteiger partial charge on any atom is -0.379 e. The average molecular weight is 502 g/mol. The van der Waals surface area contributed by atoms with E-state index in [0.29, 0.717) is 18.9 Å². The summed E-state index contributed by atoms with van der Waals surface area (Å²) in [6.45, 7) is 1.27. The summed E-state index contributed by atoms with van der Waals surface area (Å²) in [6.07, 6.45) is 0. The van der Waals surface area contributed by atoms with Crippen molar-refractivity contribution in [2.45, 2.75) is 9.79 Å². The largest absolute Gasteiger partial charge is 0.379 e. The van der Waals surface area contributed by atoms with Crippen LogP contribution in [0.4, 0.5) is 11.4 Å². The summed E-state index contributed by atoms with van der Waals surface area (Å²) < 4.78 is 59.9. The third-order valence-corrected chi connectivity index (χ3v) is 8.48. The summed E-state index contributed by atoms with van der Waals surface area (Å²) >= 11 is 0. The quantitative estimate of drug-likeness (QED) is 0.513. The van der Waals surface area contributed by atoms with Crippen LogP contribution in [0.25, 0.3) is 0 Å². The van der Waals surface area contributed by atoms with Crippen LogP contribution in [-0.4, -0.2) is 53.4 Å². The number of benzene rings is 3. The standard InChI is InChI=1S/C23H23N3O6S2/c27-23(21-8-4-5-9-22(21)25-33(28,29)19-6-2-1-3-7-19)24-18-10-12-20(13-11-18)34(30,31)26-14-16-32-17-15-26/h1-13,25H,14-17H2,(H,24,27). The van der Waals surface area contributed by atoms with E-state index in [-0.39, 0.29) is 34.1 Å². The number of hydrogen-bond acceptors (Lipinski definition) is 6. The minimum absolute atomic E-state index is 0.0716. The second-order valence-corrected chi connectivity index (χ2v) is 11.1. The smallest absolute Gasteiger partial charge is 0.261 e. The Kier molecular flexibility index (Phi) is 6.98. The zero-order valence-corrected chi connectivity index (χ0v) is 19.7. The maximum Gasteiger partial charge on any atom is 0.261 e. The molecule has 9 nitrogen and oxygen atoms in total. The Morgan fingerprint density at radius 3 is 2.06 bits per heavy atom. The van der Waals surface area contributed by atoms with E-state index < -0.39 is 26.0 Å². The van der Waals surface area contributed by atoms with Crippen molar-refractivity contribution in [3.05, 3.63) is 84.4 Å². The number of ether oxygens (including phenoxy) is 1. The number of para-hydroxylation sites is 1. The van der Waals surface area contributed by atoms with Crippen LogP contribution in [0, 0.1) is 0 Å². The number of nitrogens with one attached hydrogen (secondary N) is 2. The first kappa shape index (κ1) is 23.9. The Morgan fingerprint density at radius 2 is 1.38 bits per heavy atom. The van der Waals surface area contributed by atoms with Gasteiger partial charge in [-0.1, -0.05) is 30.3 Å². The highest BCUT2D eigenvalue weighted by molar-refractivity contribution is 7.92. The molecule has 1 fully saturated rings. The highest BCUT2D eigenvalue weighted by Crippen LogP contribution is 2.23. The number of nitrogens with zero attached hydrogens (tertiary/aromatic N) is 1. The van der Waals surface area contributed by atoms with E-state index in [1.807, 2.05) is 0 Å². The van der Waals surface area contributed by atoms with Crippen molar-refractivity contribution < 1.29 is 26.4 Å². The third kappa shape index (κ3) is 5.28. The highest BCUT2D eigenvalue weighted by Gasteiger charge is 2.26. The van der Waals surface area contributed by atoms with Gasteiger partial charge in [0.25, 0.3) is 15.9 Å². The number of rotatable bonds is 7. The predicted octanol–water partition coefficient (Wildman–Crippen LogP) is 2.76. The fraction of sp³-hybridized carbons (Fsp3) is 0.174. The first-order valence-corrected chi connectivity index (χ1v) is 13.4. The average Bonchev–Trinajstić information content (AvgIpc) is 2.85. The van der Waals surface area contributed by atoms with Gasteiger partial charge in [-0.3, -0.25) is 9.52 Å². The van der Waals surface area contributed by atoms with Crippen molar-refractivity contribution >= 4 is 37.3 Å². The minimum atomic E-state index is -3.89. The van der Waals surface area contributed by atoms with E-state index in [0.717, 1.165) is 0 Å². The van der Waals surface area contributed by atoms with Gasteiger partial charge in [0.2, 0.25) is 10.0 Å². The van der Waals surface area contributed by atoms with Gasteiger partial charge < -0.3 is 10.1 Å². The molecule has 0 atom stereocenters. The van der Waals surface area contributed by atoms with E-state index in [2.05, 4.69) is 10.0 Å². The molecule has 0 bridgehead atoms. The normalized spacial score (nSPS) is 14.9. The molecule has 1 aliphatic heterocycles. The Balaban J connectivity index is 1.50. The van der Waals surface area contributed by atoms with Crippen molar-refractivity contribution in [2.75, 3.05) is 36.3 Å². The number of amides is 1. The molecule has 0 radical (unpaired) electrons. The van der Waals surface area contributed by atoms with Crippen LogP contribution >= 0.6 is 0 Å². The molecule has 0 aromatic heterocycles. The molecule has 3 aromatic rings. The van der Waals surface area contributed by atoms with E-state index in [4.69, 9.17) is 4.74 Å². The molecule has 178 valence electrons. The van der Waals surface area contributed by atoms with Gasteiger partial charge in [0.05, 0.1) is 34.3 Å². The van der Waals surface area contributed by atoms with Gasteiger partial charge in [-0.25, -0.2) is 16.8 Å². The summed E-state index contributed by atoms with van der Waals surface area (Å²) in [5.74, 6) is -0.546. The summed E-state index contributed by atoms with van der Waals surface area (Å²) in [4.78, 5) is 13.1. The molecular formula is C23H23N3O6S2. The maximum absolute atomic E-state index is 12.9. The van der Waals surface area contributed by atoms with Crippen molar-refractivity contribution in [3.8, 4) is 0 Å². The second kappa shape index (κ2) is 9.94. The number of morpholine rings is 1. The zero-order chi connectivity index (χ0) is 24.2. The van der Waals surface area contributed by atoms with Gasteiger partial charge in [-0.2, -0.15) is 4.31 Å². The highest BCUT2D eigenvalue weighted by atomic mass is 32.2. The Labute approximate surface area is 198 Å². The van der Waals surface area contributed by atoms with E-state index >= 15 is 0 Å². The Morgan fingerprint density at radius 1 is 0.765 bits per heavy atom.